The zero-order chi connectivity index (χ0) is 8.72. The second-order valence-corrected chi connectivity index (χ2v) is 3.07. The first kappa shape index (κ1) is 7.22. The van der Waals surface area contributed by atoms with Crippen molar-refractivity contribution in [3.05, 3.63) is 29.5 Å². The summed E-state index contributed by atoms with van der Waals surface area (Å²) in [5.41, 5.74) is 9.75. The van der Waals surface area contributed by atoms with Gasteiger partial charge in [-0.3, -0.25) is 0 Å². The van der Waals surface area contributed by atoms with E-state index in [0.29, 0.717) is 0 Å². The van der Waals surface area contributed by atoms with E-state index in [1.54, 1.807) is 6.26 Å². The number of nitrogen functional groups attached to an aromatic ring is 1. The highest BCUT2D eigenvalue weighted by molar-refractivity contribution is 5.91. The first-order valence-electron chi connectivity index (χ1n) is 3.93. The molecular weight excluding hydrogens is 150 g/mol. The fourth-order valence-corrected chi connectivity index (χ4v) is 1.45. The van der Waals surface area contributed by atoms with Crippen LogP contribution in [-0.2, 0) is 0 Å². The second-order valence-electron chi connectivity index (χ2n) is 3.07. The van der Waals surface area contributed by atoms with Crippen molar-refractivity contribution >= 4 is 16.7 Å². The van der Waals surface area contributed by atoms with Crippen molar-refractivity contribution < 1.29 is 4.42 Å². The Balaban J connectivity index is 2.97. The lowest BCUT2D eigenvalue weighted by molar-refractivity contribution is 0.617. The third-order valence-corrected chi connectivity index (χ3v) is 2.29. The van der Waals surface area contributed by atoms with Crippen LogP contribution in [0.15, 0.2) is 22.8 Å². The van der Waals surface area contributed by atoms with Gasteiger partial charge in [0.25, 0.3) is 0 Å². The quantitative estimate of drug-likeness (QED) is 0.603. The smallest absolute Gasteiger partial charge is 0.156 e. The first-order chi connectivity index (χ1) is 5.70. The Kier molecular flexibility index (Phi) is 1.37. The highest BCUT2D eigenvalue weighted by atomic mass is 16.3. The lowest BCUT2D eigenvalue weighted by atomic mass is 10.1. The van der Waals surface area contributed by atoms with Crippen LogP contribution < -0.4 is 5.73 Å². The van der Waals surface area contributed by atoms with Crippen LogP contribution in [0.2, 0.25) is 0 Å². The number of hydrogen-bond donors (Lipinski definition) is 1. The summed E-state index contributed by atoms with van der Waals surface area (Å²) in [7, 11) is 0. The van der Waals surface area contributed by atoms with Gasteiger partial charge >= 0.3 is 0 Å². The van der Waals surface area contributed by atoms with Gasteiger partial charge in [0.15, 0.2) is 5.58 Å². The summed E-state index contributed by atoms with van der Waals surface area (Å²) in [6, 6.07) is 3.90. The van der Waals surface area contributed by atoms with Crippen LogP contribution in [0.4, 0.5) is 5.69 Å². The number of benzene rings is 1. The summed E-state index contributed by atoms with van der Waals surface area (Å²) in [6.45, 7) is 4.13. The number of fused-ring (bicyclic) bond motifs is 1. The van der Waals surface area contributed by atoms with E-state index in [9.17, 15) is 0 Å². The predicted molar refractivity (Wildman–Crippen MR) is 50.1 cm³/mol. The average molecular weight is 161 g/mol. The number of furan rings is 1. The third-order valence-electron chi connectivity index (χ3n) is 2.29. The Bertz CT molecular complexity index is 429. The van der Waals surface area contributed by atoms with Crippen LogP contribution in [-0.4, -0.2) is 0 Å². The molecule has 2 nitrogen and oxygen atoms in total. The number of nitrogens with two attached hydrogens (primary N) is 1. The van der Waals surface area contributed by atoms with Crippen molar-refractivity contribution in [2.45, 2.75) is 13.8 Å². The molecule has 1 aromatic carbocycles. The van der Waals surface area contributed by atoms with E-state index in [2.05, 4.69) is 13.8 Å². The van der Waals surface area contributed by atoms with Gasteiger partial charge < -0.3 is 10.2 Å². The fraction of sp³-hybridized carbons (Fsp3) is 0.200. The molecule has 62 valence electrons. The minimum absolute atomic E-state index is 0.720. The van der Waals surface area contributed by atoms with Crippen molar-refractivity contribution in [1.82, 2.24) is 0 Å². The van der Waals surface area contributed by atoms with E-state index in [-0.39, 0.29) is 0 Å². The van der Waals surface area contributed by atoms with Gasteiger partial charge in [-0.15, -0.1) is 0 Å². The Hall–Kier alpha value is -1.44. The maximum absolute atomic E-state index is 5.78. The molecule has 1 heterocycles. The Morgan fingerprint density at radius 2 is 2.08 bits per heavy atom. The topological polar surface area (TPSA) is 39.2 Å². The number of anilines is 1. The Morgan fingerprint density at radius 1 is 1.33 bits per heavy atom. The average Bonchev–Trinajstić information content (AvgIpc) is 2.48. The number of rotatable bonds is 0. The summed E-state index contributed by atoms with van der Waals surface area (Å²) < 4.78 is 5.26. The molecule has 2 rings (SSSR count). The summed E-state index contributed by atoms with van der Waals surface area (Å²) in [4.78, 5) is 0. The molecule has 0 saturated carbocycles. The zero-order valence-corrected chi connectivity index (χ0v) is 7.22. The SMILES string of the molecule is Cc1cc(N)c2occc2c1C. The molecule has 0 atom stereocenters. The van der Waals surface area contributed by atoms with Crippen LogP contribution in [0, 0.1) is 13.8 Å². The van der Waals surface area contributed by atoms with E-state index in [1.165, 1.54) is 11.1 Å². The molecule has 1 aromatic heterocycles. The van der Waals surface area contributed by atoms with Crippen molar-refractivity contribution in [3.63, 3.8) is 0 Å². The van der Waals surface area contributed by atoms with E-state index < -0.39 is 0 Å². The minimum Gasteiger partial charge on any atom is -0.462 e. The first-order valence-corrected chi connectivity index (χ1v) is 3.93. The number of aryl methyl sites for hydroxylation is 2. The summed E-state index contributed by atoms with van der Waals surface area (Å²) in [5, 5.41) is 1.12. The zero-order valence-electron chi connectivity index (χ0n) is 7.22. The highest BCUT2D eigenvalue weighted by Crippen LogP contribution is 2.27. The lowest BCUT2D eigenvalue weighted by Gasteiger charge is -2.02. The molecule has 0 bridgehead atoms. The van der Waals surface area contributed by atoms with Gasteiger partial charge in [0.2, 0.25) is 0 Å². The molecule has 2 aromatic rings. The number of hydrogen-bond acceptors (Lipinski definition) is 2. The van der Waals surface area contributed by atoms with Gasteiger partial charge in [0.05, 0.1) is 12.0 Å². The van der Waals surface area contributed by atoms with E-state index in [4.69, 9.17) is 10.2 Å². The van der Waals surface area contributed by atoms with Gasteiger partial charge in [0, 0.05) is 5.39 Å². The van der Waals surface area contributed by atoms with Crippen LogP contribution in [0.25, 0.3) is 11.0 Å². The molecule has 2 heteroatoms. The molecular formula is C10H11NO. The van der Waals surface area contributed by atoms with Gasteiger partial charge in [-0.2, -0.15) is 0 Å². The molecule has 0 radical (unpaired) electrons. The summed E-state index contributed by atoms with van der Waals surface area (Å²) >= 11 is 0. The van der Waals surface area contributed by atoms with E-state index in [1.807, 2.05) is 12.1 Å². The largest absolute Gasteiger partial charge is 0.462 e. The minimum atomic E-state index is 0.720. The molecule has 0 spiro atoms. The third kappa shape index (κ3) is 0.811. The Labute approximate surface area is 71.0 Å². The van der Waals surface area contributed by atoms with Gasteiger partial charge in [-0.1, -0.05) is 0 Å². The van der Waals surface area contributed by atoms with Crippen LogP contribution in [0.1, 0.15) is 11.1 Å². The molecule has 0 amide bonds. The summed E-state index contributed by atoms with van der Waals surface area (Å²) in [5.74, 6) is 0. The molecule has 2 N–H and O–H groups in total. The highest BCUT2D eigenvalue weighted by Gasteiger charge is 2.06. The predicted octanol–water partition coefficient (Wildman–Crippen LogP) is 2.63. The van der Waals surface area contributed by atoms with Crippen molar-refractivity contribution in [2.24, 2.45) is 0 Å². The van der Waals surface area contributed by atoms with Gasteiger partial charge in [-0.05, 0) is 37.1 Å². The van der Waals surface area contributed by atoms with Crippen molar-refractivity contribution in [2.75, 3.05) is 5.73 Å². The molecule has 12 heavy (non-hydrogen) atoms. The van der Waals surface area contributed by atoms with Crippen molar-refractivity contribution in [1.29, 1.82) is 0 Å². The van der Waals surface area contributed by atoms with Gasteiger partial charge in [0.1, 0.15) is 0 Å². The van der Waals surface area contributed by atoms with Crippen LogP contribution >= 0.6 is 0 Å². The molecule has 0 aliphatic carbocycles. The fourth-order valence-electron chi connectivity index (χ4n) is 1.45. The Morgan fingerprint density at radius 3 is 2.83 bits per heavy atom. The maximum Gasteiger partial charge on any atom is 0.156 e. The second kappa shape index (κ2) is 2.27. The monoisotopic (exact) mass is 161 g/mol. The van der Waals surface area contributed by atoms with Crippen LogP contribution in [0.5, 0.6) is 0 Å². The maximum atomic E-state index is 5.78. The van der Waals surface area contributed by atoms with E-state index >= 15 is 0 Å². The molecule has 0 saturated heterocycles. The summed E-state index contributed by atoms with van der Waals surface area (Å²) in [6.07, 6.45) is 1.67. The van der Waals surface area contributed by atoms with Crippen LogP contribution in [0.3, 0.4) is 0 Å². The lowest BCUT2D eigenvalue weighted by Crippen LogP contribution is -1.89. The van der Waals surface area contributed by atoms with Gasteiger partial charge in [-0.25, -0.2) is 0 Å². The molecule has 0 aliphatic heterocycles. The standard InChI is InChI=1S/C10H11NO/c1-6-5-9(11)10-8(7(6)2)3-4-12-10/h3-5H,11H2,1-2H3. The molecule has 0 fully saturated rings. The normalized spacial score (nSPS) is 10.8. The van der Waals surface area contributed by atoms with Crippen molar-refractivity contribution in [3.8, 4) is 0 Å². The molecule has 0 unspecified atom stereocenters. The van der Waals surface area contributed by atoms with E-state index in [0.717, 1.165) is 16.7 Å². The molecule has 0 aliphatic rings.